The molecule has 0 radical (unpaired) electrons. The first kappa shape index (κ1) is 57.5. The second-order valence-corrected chi connectivity index (χ2v) is 16.8. The van der Waals surface area contributed by atoms with Gasteiger partial charge in [0.1, 0.15) is 0 Å². The van der Waals surface area contributed by atoms with Crippen molar-refractivity contribution in [1.82, 2.24) is 0 Å². The number of benzene rings is 1. The monoisotopic (exact) mass is 757 g/mol. The molecule has 0 bridgehead atoms. The molecule has 0 aromatic heterocycles. The molecule has 1 rings (SSSR count). The molecule has 0 heterocycles. The zero-order valence-electron chi connectivity index (χ0n) is 40.0. The third-order valence-electron chi connectivity index (χ3n) is 11.4. The van der Waals surface area contributed by atoms with Gasteiger partial charge in [-0.2, -0.15) is 0 Å². The minimum atomic E-state index is 1.26. The first-order valence-corrected chi connectivity index (χ1v) is 25.6. The van der Waals surface area contributed by atoms with E-state index in [-0.39, 0.29) is 0 Å². The molecule has 0 amide bonds. The molecule has 0 saturated carbocycles. The minimum absolute atomic E-state index is 1.26. The topological polar surface area (TPSA) is 0 Å². The molecule has 0 nitrogen and oxygen atoms in total. The van der Waals surface area contributed by atoms with Crippen LogP contribution in [0.1, 0.15) is 309 Å². The van der Waals surface area contributed by atoms with Crippen LogP contribution in [0.4, 0.5) is 0 Å². The van der Waals surface area contributed by atoms with Crippen molar-refractivity contribution in [3.63, 3.8) is 0 Å². The molecule has 0 heteroatoms. The Kier molecular flexibility index (Phi) is 55.6. The quantitative estimate of drug-likeness (QED) is 0.0598. The Morgan fingerprint density at radius 2 is 0.500 bits per heavy atom. The predicted molar refractivity (Wildman–Crippen MR) is 255 cm³/mol. The van der Waals surface area contributed by atoms with Gasteiger partial charge in [0.05, 0.1) is 0 Å². The Bertz CT molecular complexity index is 754. The van der Waals surface area contributed by atoms with Crippen LogP contribution in [-0.4, -0.2) is 0 Å². The van der Waals surface area contributed by atoms with Crippen molar-refractivity contribution in [2.24, 2.45) is 0 Å². The van der Waals surface area contributed by atoms with E-state index in [4.69, 9.17) is 0 Å². The summed E-state index contributed by atoms with van der Waals surface area (Å²) in [6.07, 6.45) is 54.2. The zero-order chi connectivity index (χ0) is 40.6. The molecule has 1 aromatic rings. The second kappa shape index (κ2) is 52.2. The second-order valence-electron chi connectivity index (χ2n) is 16.8. The summed E-state index contributed by atoms with van der Waals surface area (Å²) in [5.74, 6) is 0. The predicted octanol–water partition coefficient (Wildman–Crippen LogP) is 20.6. The van der Waals surface area contributed by atoms with Gasteiger partial charge in [-0.1, -0.05) is 286 Å². The molecule has 0 aliphatic heterocycles. The first-order chi connectivity index (χ1) is 26.5. The Labute approximate surface area is 346 Å². The molecule has 1 aromatic carbocycles. The smallest absolute Gasteiger partial charge is 0.0276 e. The summed E-state index contributed by atoms with van der Waals surface area (Å²) >= 11 is 0. The van der Waals surface area contributed by atoms with E-state index in [1.165, 1.54) is 255 Å². The van der Waals surface area contributed by atoms with Crippen molar-refractivity contribution in [2.45, 2.75) is 313 Å². The van der Waals surface area contributed by atoms with Crippen molar-refractivity contribution in [2.75, 3.05) is 0 Å². The third-order valence-corrected chi connectivity index (χ3v) is 11.4. The Morgan fingerprint density at radius 3 is 0.778 bits per heavy atom. The number of hydrogen-bond acceptors (Lipinski definition) is 0. The minimum Gasteiger partial charge on any atom is -0.0683 e. The maximum atomic E-state index is 2.51. The van der Waals surface area contributed by atoms with E-state index in [9.17, 15) is 0 Å². The van der Waals surface area contributed by atoms with Crippen LogP contribution in [0.2, 0.25) is 0 Å². The van der Waals surface area contributed by atoms with E-state index in [2.05, 4.69) is 67.5 Å². The van der Waals surface area contributed by atoms with Gasteiger partial charge >= 0.3 is 0 Å². The van der Waals surface area contributed by atoms with Gasteiger partial charge in [0.2, 0.25) is 0 Å². The van der Waals surface area contributed by atoms with Crippen molar-refractivity contribution < 1.29 is 0 Å². The molecule has 0 N–H and O–H groups in total. The van der Waals surface area contributed by atoms with Crippen LogP contribution in [0.3, 0.4) is 0 Å². The maximum Gasteiger partial charge on any atom is -0.0276 e. The number of unbranched alkanes of at least 4 members (excludes halogenated alkanes) is 32. The van der Waals surface area contributed by atoms with Crippen LogP contribution in [-0.2, 0) is 12.8 Å². The van der Waals surface area contributed by atoms with Gasteiger partial charge in [-0.25, -0.2) is 0 Å². The lowest BCUT2D eigenvalue weighted by Crippen LogP contribution is -1.97. The number of aryl methyl sites for hydroxylation is 3. The highest BCUT2D eigenvalue weighted by molar-refractivity contribution is 5.38. The van der Waals surface area contributed by atoms with Crippen LogP contribution in [0.25, 0.3) is 0 Å². The van der Waals surface area contributed by atoms with Gasteiger partial charge in [-0.3, -0.25) is 0 Å². The Hall–Kier alpha value is -0.780. The molecule has 0 fully saturated rings. The largest absolute Gasteiger partial charge is 0.0683 e. The van der Waals surface area contributed by atoms with Crippen LogP contribution >= 0.6 is 0 Å². The van der Waals surface area contributed by atoms with Crippen LogP contribution in [0.5, 0.6) is 0 Å². The molecule has 324 valence electrons. The van der Waals surface area contributed by atoms with Gasteiger partial charge in [0.15, 0.2) is 0 Å². The zero-order valence-corrected chi connectivity index (χ0v) is 40.0. The Morgan fingerprint density at radius 1 is 0.278 bits per heavy atom. The lowest BCUT2D eigenvalue weighted by atomic mass is 9.93. The van der Waals surface area contributed by atoms with Crippen LogP contribution in [0.15, 0.2) is 12.1 Å². The van der Waals surface area contributed by atoms with Crippen molar-refractivity contribution >= 4 is 0 Å². The molecule has 0 spiro atoms. The van der Waals surface area contributed by atoms with Crippen molar-refractivity contribution in [1.29, 1.82) is 0 Å². The highest BCUT2D eigenvalue weighted by Gasteiger charge is 2.05. The highest BCUT2D eigenvalue weighted by atomic mass is 14.1. The molecular formula is C54H108. The van der Waals surface area contributed by atoms with E-state index < -0.39 is 0 Å². The fraction of sp³-hybridized carbons (Fsp3) is 0.889. The fourth-order valence-electron chi connectivity index (χ4n) is 7.45. The first-order valence-electron chi connectivity index (χ1n) is 25.6. The summed E-state index contributed by atoms with van der Waals surface area (Å²) in [6, 6.07) is 4.94. The molecule has 0 aliphatic carbocycles. The van der Waals surface area contributed by atoms with Crippen LogP contribution in [0, 0.1) is 13.8 Å². The molecule has 54 heavy (non-hydrogen) atoms. The van der Waals surface area contributed by atoms with E-state index in [1.807, 2.05) is 13.8 Å². The molecule has 0 unspecified atom stereocenters. The van der Waals surface area contributed by atoms with Gasteiger partial charge in [0.25, 0.3) is 0 Å². The summed E-state index contributed by atoms with van der Waals surface area (Å²) in [5.41, 5.74) is 6.23. The van der Waals surface area contributed by atoms with Crippen molar-refractivity contribution in [3.8, 4) is 0 Å². The third kappa shape index (κ3) is 45.6. The van der Waals surface area contributed by atoms with Gasteiger partial charge in [-0.15, -0.1) is 0 Å². The van der Waals surface area contributed by atoms with Gasteiger partial charge in [-0.05, 0) is 61.8 Å². The number of rotatable bonds is 36. The summed E-state index contributed by atoms with van der Waals surface area (Å²) < 4.78 is 0. The van der Waals surface area contributed by atoms with E-state index in [0.29, 0.717) is 0 Å². The fourth-order valence-corrected chi connectivity index (χ4v) is 7.45. The Balaban J connectivity index is -0.000000838. The van der Waals surface area contributed by atoms with E-state index in [1.54, 1.807) is 11.1 Å². The van der Waals surface area contributed by atoms with E-state index >= 15 is 0 Å². The summed E-state index contributed by atoms with van der Waals surface area (Å²) in [7, 11) is 0. The normalized spacial score (nSPS) is 10.6. The SMILES string of the molecule is CC.CCCCCCCC.CCCCCCCCCCCCCCCC.CCCCCCCCCCCCCCCc1cc(CCCCC)cc(C)c1C. The summed E-state index contributed by atoms with van der Waals surface area (Å²) in [5, 5.41) is 0. The van der Waals surface area contributed by atoms with Crippen molar-refractivity contribution in [3.05, 3.63) is 34.4 Å². The molecule has 0 aliphatic rings. The van der Waals surface area contributed by atoms with Gasteiger partial charge in [0, 0.05) is 0 Å². The maximum absolute atomic E-state index is 2.51. The summed E-state index contributed by atoms with van der Waals surface area (Å²) in [6.45, 7) is 22.3. The average Bonchev–Trinajstić information content (AvgIpc) is 3.19. The lowest BCUT2D eigenvalue weighted by molar-refractivity contribution is 0.538. The average molecular weight is 757 g/mol. The molecular weight excluding hydrogens is 649 g/mol. The van der Waals surface area contributed by atoms with Crippen LogP contribution < -0.4 is 0 Å². The number of hydrogen-bond donors (Lipinski definition) is 0. The molecule has 0 atom stereocenters. The molecule has 0 saturated heterocycles. The highest BCUT2D eigenvalue weighted by Crippen LogP contribution is 2.21. The van der Waals surface area contributed by atoms with E-state index in [0.717, 1.165) is 0 Å². The lowest BCUT2D eigenvalue weighted by Gasteiger charge is -2.12. The summed E-state index contributed by atoms with van der Waals surface area (Å²) in [4.78, 5) is 0. The standard InChI is InChI=1S/C28H50.C16H34.C8H18.C2H6/c1-5-7-9-10-11-12-13-14-15-16-17-18-20-22-28-24-27(21-19-8-6-2)23-25(3)26(28)4;1-3-5-7-9-11-13-15-16-14-12-10-8-6-4-2;1-3-5-7-8-6-4-2;1-2/h23-24H,5-22H2,1-4H3;3-16H2,1-2H3;3-8H2,1-2H3;1-2H3. The van der Waals surface area contributed by atoms with Gasteiger partial charge < -0.3 is 0 Å².